The van der Waals surface area contributed by atoms with E-state index >= 15 is 0 Å². The molecule has 0 fully saturated rings. The Morgan fingerprint density at radius 2 is 2.40 bits per heavy atom. The normalized spacial score (nSPS) is 10.5. The van der Waals surface area contributed by atoms with Crippen LogP contribution in [0.3, 0.4) is 0 Å². The average Bonchev–Trinajstić information content (AvgIpc) is 2.36. The minimum atomic E-state index is 0.877. The molecule has 0 radical (unpaired) electrons. The zero-order chi connectivity index (χ0) is 6.97. The molecule has 50 valence electrons. The maximum atomic E-state index is 3.95. The van der Waals surface area contributed by atoms with Gasteiger partial charge in [-0.15, -0.1) is 10.3 Å². The number of pyridine rings is 1. The van der Waals surface area contributed by atoms with E-state index in [2.05, 4.69) is 15.4 Å². The van der Waals surface area contributed by atoms with Crippen LogP contribution < -0.4 is 4.57 Å². The van der Waals surface area contributed by atoms with Crippen molar-refractivity contribution >= 4 is 11.2 Å². The SMILES string of the molecule is C[n+]1cccc2n[nH]nc21. The van der Waals surface area contributed by atoms with Crippen LogP contribution in [0.5, 0.6) is 0 Å². The molecule has 0 saturated heterocycles. The molecule has 2 aromatic rings. The van der Waals surface area contributed by atoms with Crippen LogP contribution in [0.1, 0.15) is 0 Å². The van der Waals surface area contributed by atoms with Gasteiger partial charge in [-0.05, 0) is 12.1 Å². The van der Waals surface area contributed by atoms with Gasteiger partial charge < -0.3 is 0 Å². The highest BCUT2D eigenvalue weighted by molar-refractivity contribution is 5.64. The Morgan fingerprint density at radius 1 is 1.50 bits per heavy atom. The Balaban J connectivity index is 2.95. The van der Waals surface area contributed by atoms with Gasteiger partial charge in [0.25, 0.3) is 0 Å². The minimum absolute atomic E-state index is 0.877. The second-order valence-electron chi connectivity index (χ2n) is 2.15. The van der Waals surface area contributed by atoms with E-state index in [1.54, 1.807) is 0 Å². The molecule has 2 heterocycles. The number of nitrogens with one attached hydrogen (secondary N) is 1. The lowest BCUT2D eigenvalue weighted by molar-refractivity contribution is -0.646. The number of aryl methyl sites for hydroxylation is 1. The number of aromatic amines is 1. The Kier molecular flexibility index (Phi) is 0.943. The summed E-state index contributed by atoms with van der Waals surface area (Å²) in [7, 11) is 1.94. The molecule has 0 bridgehead atoms. The first-order valence-corrected chi connectivity index (χ1v) is 3.03. The summed E-state index contributed by atoms with van der Waals surface area (Å²) in [5.74, 6) is 0. The first-order chi connectivity index (χ1) is 4.88. The van der Waals surface area contributed by atoms with Crippen LogP contribution in [-0.4, -0.2) is 15.4 Å². The molecule has 0 saturated carbocycles. The monoisotopic (exact) mass is 135 g/mol. The zero-order valence-electron chi connectivity index (χ0n) is 5.57. The minimum Gasteiger partial charge on any atom is -0.230 e. The van der Waals surface area contributed by atoms with Crippen molar-refractivity contribution in [1.82, 2.24) is 15.4 Å². The van der Waals surface area contributed by atoms with E-state index in [0.29, 0.717) is 0 Å². The van der Waals surface area contributed by atoms with E-state index in [0.717, 1.165) is 11.2 Å². The van der Waals surface area contributed by atoms with Crippen molar-refractivity contribution in [2.45, 2.75) is 0 Å². The van der Waals surface area contributed by atoms with E-state index < -0.39 is 0 Å². The van der Waals surface area contributed by atoms with Crippen LogP contribution in [-0.2, 0) is 7.05 Å². The Morgan fingerprint density at radius 3 is 3.20 bits per heavy atom. The predicted octanol–water partition coefficient (Wildman–Crippen LogP) is -0.218. The number of aromatic nitrogens is 4. The van der Waals surface area contributed by atoms with Crippen LogP contribution in [0.4, 0.5) is 0 Å². The summed E-state index contributed by atoms with van der Waals surface area (Å²) in [6.45, 7) is 0. The first-order valence-electron chi connectivity index (χ1n) is 3.03. The summed E-state index contributed by atoms with van der Waals surface area (Å²) in [5.41, 5.74) is 1.77. The van der Waals surface area contributed by atoms with Crippen LogP contribution in [0.2, 0.25) is 0 Å². The Labute approximate surface area is 57.5 Å². The molecule has 4 nitrogen and oxygen atoms in total. The number of hydrogen-bond donors (Lipinski definition) is 1. The van der Waals surface area contributed by atoms with Crippen molar-refractivity contribution in [1.29, 1.82) is 0 Å². The van der Waals surface area contributed by atoms with Crippen molar-refractivity contribution in [3.8, 4) is 0 Å². The highest BCUT2D eigenvalue weighted by Crippen LogP contribution is 1.97. The van der Waals surface area contributed by atoms with Crippen molar-refractivity contribution in [3.63, 3.8) is 0 Å². The standard InChI is InChI=1S/C6H6N4/c1-10-4-2-3-5-6(10)8-9-7-5/h2-4H,1H3/p+1. The first kappa shape index (κ1) is 5.34. The molecule has 0 aliphatic carbocycles. The maximum Gasteiger partial charge on any atom is 0.377 e. The van der Waals surface area contributed by atoms with Gasteiger partial charge in [0.2, 0.25) is 0 Å². The molecule has 10 heavy (non-hydrogen) atoms. The third-order valence-electron chi connectivity index (χ3n) is 1.45. The largest absolute Gasteiger partial charge is 0.377 e. The highest BCUT2D eigenvalue weighted by Gasteiger charge is 2.06. The fourth-order valence-corrected chi connectivity index (χ4v) is 0.939. The summed E-state index contributed by atoms with van der Waals surface area (Å²) >= 11 is 0. The molecule has 0 aliphatic heterocycles. The van der Waals surface area contributed by atoms with E-state index in [-0.39, 0.29) is 0 Å². The molecule has 0 unspecified atom stereocenters. The molecule has 0 atom stereocenters. The lowest BCUT2D eigenvalue weighted by Gasteiger charge is -1.84. The quantitative estimate of drug-likeness (QED) is 0.508. The van der Waals surface area contributed by atoms with Gasteiger partial charge in [0.05, 0.1) is 18.3 Å². The van der Waals surface area contributed by atoms with E-state index in [4.69, 9.17) is 0 Å². The molecular formula is C6H7N4+. The van der Waals surface area contributed by atoms with Gasteiger partial charge in [0, 0.05) is 0 Å². The third-order valence-corrected chi connectivity index (χ3v) is 1.45. The topological polar surface area (TPSA) is 45.5 Å². The van der Waals surface area contributed by atoms with Gasteiger partial charge in [-0.1, -0.05) is 0 Å². The molecule has 4 heteroatoms. The van der Waals surface area contributed by atoms with Crippen LogP contribution in [0, 0.1) is 0 Å². The molecule has 2 rings (SSSR count). The van der Waals surface area contributed by atoms with Gasteiger partial charge in [0.15, 0.2) is 5.52 Å². The van der Waals surface area contributed by atoms with Crippen LogP contribution >= 0.6 is 0 Å². The second-order valence-corrected chi connectivity index (χ2v) is 2.15. The van der Waals surface area contributed by atoms with Crippen molar-refractivity contribution in [2.24, 2.45) is 7.05 Å². The van der Waals surface area contributed by atoms with Crippen LogP contribution in [0.15, 0.2) is 18.3 Å². The molecule has 0 aromatic carbocycles. The predicted molar refractivity (Wildman–Crippen MR) is 35.1 cm³/mol. The van der Waals surface area contributed by atoms with Crippen LogP contribution in [0.25, 0.3) is 11.2 Å². The fourth-order valence-electron chi connectivity index (χ4n) is 0.939. The summed E-state index contributed by atoms with van der Waals surface area (Å²) in [4.78, 5) is 0. The van der Waals surface area contributed by atoms with Gasteiger partial charge in [-0.25, -0.2) is 4.57 Å². The van der Waals surface area contributed by atoms with E-state index in [1.165, 1.54) is 0 Å². The lowest BCUT2D eigenvalue weighted by atomic mass is 10.4. The number of rotatable bonds is 0. The number of H-pyrrole nitrogens is 1. The highest BCUT2D eigenvalue weighted by atomic mass is 15.3. The number of fused-ring (bicyclic) bond motifs is 1. The molecule has 2 aromatic heterocycles. The van der Waals surface area contributed by atoms with Gasteiger partial charge in [-0.2, -0.15) is 0 Å². The zero-order valence-corrected chi connectivity index (χ0v) is 5.57. The Bertz CT molecular complexity index is 351. The van der Waals surface area contributed by atoms with E-state index in [9.17, 15) is 0 Å². The summed E-state index contributed by atoms with van der Waals surface area (Å²) in [5, 5.41) is 10.4. The molecule has 0 amide bonds. The van der Waals surface area contributed by atoms with Gasteiger partial charge in [0.1, 0.15) is 0 Å². The molecule has 0 aliphatic rings. The van der Waals surface area contributed by atoms with E-state index in [1.807, 2.05) is 29.9 Å². The smallest absolute Gasteiger partial charge is 0.230 e. The average molecular weight is 135 g/mol. The fraction of sp³-hybridized carbons (Fsp3) is 0.167. The van der Waals surface area contributed by atoms with Gasteiger partial charge in [-0.3, -0.25) is 0 Å². The maximum absolute atomic E-state index is 3.95. The number of nitrogens with zero attached hydrogens (tertiary/aromatic N) is 3. The summed E-state index contributed by atoms with van der Waals surface area (Å²) in [6.07, 6.45) is 1.94. The number of hydrogen-bond acceptors (Lipinski definition) is 2. The lowest BCUT2D eigenvalue weighted by Crippen LogP contribution is -2.28. The molecule has 1 N–H and O–H groups in total. The third kappa shape index (κ3) is 0.586. The van der Waals surface area contributed by atoms with Crippen molar-refractivity contribution < 1.29 is 4.57 Å². The Hall–Kier alpha value is -1.45. The van der Waals surface area contributed by atoms with Crippen molar-refractivity contribution in [2.75, 3.05) is 0 Å². The molecule has 0 spiro atoms. The summed E-state index contributed by atoms with van der Waals surface area (Å²) in [6, 6.07) is 3.85. The summed E-state index contributed by atoms with van der Waals surface area (Å²) < 4.78 is 1.92. The van der Waals surface area contributed by atoms with Crippen molar-refractivity contribution in [3.05, 3.63) is 18.3 Å². The van der Waals surface area contributed by atoms with Gasteiger partial charge >= 0.3 is 5.65 Å². The molecular weight excluding hydrogens is 128 g/mol. The second kappa shape index (κ2) is 1.76.